The molecule has 0 radical (unpaired) electrons. The Morgan fingerprint density at radius 2 is 2.11 bits per heavy atom. The zero-order valence-electron chi connectivity index (χ0n) is 12.1. The van der Waals surface area contributed by atoms with Crippen molar-refractivity contribution in [3.05, 3.63) is 23.5 Å². The minimum Gasteiger partial charge on any atom is -0.497 e. The van der Waals surface area contributed by atoms with Gasteiger partial charge in [-0.15, -0.1) is 0 Å². The number of nitrogens with one attached hydrogen (secondary N) is 1. The molecule has 106 valence electrons. The third-order valence-electron chi connectivity index (χ3n) is 3.73. The van der Waals surface area contributed by atoms with Crippen molar-refractivity contribution in [1.29, 1.82) is 0 Å². The molecule has 4 heteroatoms. The molecule has 19 heavy (non-hydrogen) atoms. The van der Waals surface area contributed by atoms with Crippen LogP contribution in [0.1, 0.15) is 37.1 Å². The molecule has 0 aliphatic heterocycles. The number of aromatic nitrogens is 1. The lowest BCUT2D eigenvalue weighted by Crippen LogP contribution is -2.41. The Labute approximate surface area is 115 Å². The van der Waals surface area contributed by atoms with E-state index in [0.717, 1.165) is 23.6 Å². The first kappa shape index (κ1) is 14.3. The highest BCUT2D eigenvalue weighted by Gasteiger charge is 2.24. The van der Waals surface area contributed by atoms with Crippen LogP contribution in [0.25, 0.3) is 0 Å². The van der Waals surface area contributed by atoms with Gasteiger partial charge >= 0.3 is 0 Å². The standard InChI is InChI=1S/C15H24N2O2/c1-11-8-13(18-3)9-12(17-11)10-19-15-7-5-4-6-14(15)16-2/h8-9,14-16H,4-7,10H2,1-3H3. The molecule has 1 heterocycles. The van der Waals surface area contributed by atoms with Gasteiger partial charge < -0.3 is 14.8 Å². The lowest BCUT2D eigenvalue weighted by Gasteiger charge is -2.31. The van der Waals surface area contributed by atoms with Crippen molar-refractivity contribution in [2.45, 2.75) is 51.4 Å². The first-order valence-electron chi connectivity index (χ1n) is 7.03. The van der Waals surface area contributed by atoms with Crippen LogP contribution >= 0.6 is 0 Å². The summed E-state index contributed by atoms with van der Waals surface area (Å²) in [5, 5.41) is 3.35. The molecular formula is C15H24N2O2. The number of methoxy groups -OCH3 is 1. The molecule has 0 amide bonds. The maximum Gasteiger partial charge on any atom is 0.122 e. The van der Waals surface area contributed by atoms with Crippen molar-refractivity contribution in [3.8, 4) is 5.75 Å². The highest BCUT2D eigenvalue weighted by atomic mass is 16.5. The molecule has 1 aliphatic carbocycles. The van der Waals surface area contributed by atoms with E-state index in [1.54, 1.807) is 7.11 Å². The molecule has 0 spiro atoms. The lowest BCUT2D eigenvalue weighted by molar-refractivity contribution is -0.00511. The van der Waals surface area contributed by atoms with E-state index in [1.165, 1.54) is 19.3 Å². The molecule has 1 aromatic heterocycles. The van der Waals surface area contributed by atoms with Crippen LogP contribution in [0.5, 0.6) is 5.75 Å². The van der Waals surface area contributed by atoms with Crippen LogP contribution in [-0.4, -0.2) is 31.3 Å². The van der Waals surface area contributed by atoms with Gasteiger partial charge in [0, 0.05) is 23.9 Å². The summed E-state index contributed by atoms with van der Waals surface area (Å²) >= 11 is 0. The molecule has 0 bridgehead atoms. The van der Waals surface area contributed by atoms with Gasteiger partial charge in [0.25, 0.3) is 0 Å². The number of likely N-dealkylation sites (N-methyl/N-ethyl adjacent to an activating group) is 1. The fraction of sp³-hybridized carbons (Fsp3) is 0.667. The van der Waals surface area contributed by atoms with E-state index in [4.69, 9.17) is 9.47 Å². The SMILES string of the molecule is CNC1CCCCC1OCc1cc(OC)cc(C)n1. The quantitative estimate of drug-likeness (QED) is 0.887. The van der Waals surface area contributed by atoms with Crippen LogP contribution in [0, 0.1) is 6.92 Å². The second-order valence-corrected chi connectivity index (χ2v) is 5.17. The van der Waals surface area contributed by atoms with E-state index in [-0.39, 0.29) is 0 Å². The molecule has 2 rings (SSSR count). The molecule has 1 aliphatic rings. The van der Waals surface area contributed by atoms with E-state index in [0.29, 0.717) is 18.8 Å². The van der Waals surface area contributed by atoms with Crippen LogP contribution in [0.2, 0.25) is 0 Å². The van der Waals surface area contributed by atoms with Gasteiger partial charge in [-0.1, -0.05) is 12.8 Å². The van der Waals surface area contributed by atoms with Gasteiger partial charge in [-0.25, -0.2) is 0 Å². The Morgan fingerprint density at radius 1 is 1.32 bits per heavy atom. The highest BCUT2D eigenvalue weighted by Crippen LogP contribution is 2.22. The van der Waals surface area contributed by atoms with Gasteiger partial charge in [0.1, 0.15) is 5.75 Å². The Hall–Kier alpha value is -1.13. The largest absolute Gasteiger partial charge is 0.497 e. The predicted octanol–water partition coefficient (Wildman–Crippen LogP) is 2.45. The van der Waals surface area contributed by atoms with Crippen molar-refractivity contribution in [1.82, 2.24) is 10.3 Å². The molecule has 2 unspecified atom stereocenters. The Kier molecular flexibility index (Phi) is 5.16. The number of rotatable bonds is 5. The van der Waals surface area contributed by atoms with Crippen molar-refractivity contribution in [2.75, 3.05) is 14.2 Å². The fourth-order valence-electron chi connectivity index (χ4n) is 2.71. The monoisotopic (exact) mass is 264 g/mol. The van der Waals surface area contributed by atoms with Crippen molar-refractivity contribution in [2.24, 2.45) is 0 Å². The Morgan fingerprint density at radius 3 is 2.84 bits per heavy atom. The highest BCUT2D eigenvalue weighted by molar-refractivity contribution is 5.26. The summed E-state index contributed by atoms with van der Waals surface area (Å²) in [6.07, 6.45) is 5.18. The summed E-state index contributed by atoms with van der Waals surface area (Å²) in [6.45, 7) is 2.53. The van der Waals surface area contributed by atoms with E-state index < -0.39 is 0 Å². The molecular weight excluding hydrogens is 240 g/mol. The number of aryl methyl sites for hydroxylation is 1. The maximum absolute atomic E-state index is 6.05. The summed E-state index contributed by atoms with van der Waals surface area (Å²) in [5.41, 5.74) is 1.91. The average Bonchev–Trinajstić information content (AvgIpc) is 2.44. The molecule has 2 atom stereocenters. The van der Waals surface area contributed by atoms with E-state index >= 15 is 0 Å². The number of hydrogen-bond acceptors (Lipinski definition) is 4. The van der Waals surface area contributed by atoms with E-state index in [9.17, 15) is 0 Å². The summed E-state index contributed by atoms with van der Waals surface area (Å²) in [4.78, 5) is 4.49. The van der Waals surface area contributed by atoms with Crippen LogP contribution < -0.4 is 10.1 Å². The van der Waals surface area contributed by atoms with Gasteiger partial charge in [-0.2, -0.15) is 0 Å². The zero-order chi connectivity index (χ0) is 13.7. The fourth-order valence-corrected chi connectivity index (χ4v) is 2.71. The first-order valence-corrected chi connectivity index (χ1v) is 7.03. The van der Waals surface area contributed by atoms with Crippen LogP contribution in [-0.2, 0) is 11.3 Å². The van der Waals surface area contributed by atoms with Crippen LogP contribution in [0.15, 0.2) is 12.1 Å². The maximum atomic E-state index is 6.05. The minimum absolute atomic E-state index is 0.298. The third-order valence-corrected chi connectivity index (χ3v) is 3.73. The molecule has 1 N–H and O–H groups in total. The minimum atomic E-state index is 0.298. The van der Waals surface area contributed by atoms with E-state index in [2.05, 4.69) is 10.3 Å². The molecule has 1 aromatic rings. The third kappa shape index (κ3) is 3.91. The van der Waals surface area contributed by atoms with Crippen LogP contribution in [0.4, 0.5) is 0 Å². The molecule has 4 nitrogen and oxygen atoms in total. The summed E-state index contributed by atoms with van der Waals surface area (Å²) in [5.74, 6) is 0.847. The Bertz CT molecular complexity index is 409. The predicted molar refractivity (Wildman–Crippen MR) is 75.4 cm³/mol. The summed E-state index contributed by atoms with van der Waals surface area (Å²) in [7, 11) is 3.69. The normalized spacial score (nSPS) is 23.3. The lowest BCUT2D eigenvalue weighted by atomic mass is 9.92. The number of hydrogen-bond donors (Lipinski definition) is 1. The van der Waals surface area contributed by atoms with Crippen molar-refractivity contribution < 1.29 is 9.47 Å². The molecule has 0 saturated heterocycles. The number of pyridine rings is 1. The van der Waals surface area contributed by atoms with Crippen LogP contribution in [0.3, 0.4) is 0 Å². The van der Waals surface area contributed by atoms with Gasteiger partial charge in [0.05, 0.1) is 25.5 Å². The summed E-state index contributed by atoms with van der Waals surface area (Å²) in [6, 6.07) is 4.35. The summed E-state index contributed by atoms with van der Waals surface area (Å²) < 4.78 is 11.3. The number of ether oxygens (including phenoxy) is 2. The van der Waals surface area contributed by atoms with Gasteiger partial charge in [-0.05, 0) is 26.8 Å². The average molecular weight is 264 g/mol. The molecule has 0 aromatic carbocycles. The van der Waals surface area contributed by atoms with Gasteiger partial charge in [-0.3, -0.25) is 4.98 Å². The first-order chi connectivity index (χ1) is 9.22. The van der Waals surface area contributed by atoms with Crippen molar-refractivity contribution in [3.63, 3.8) is 0 Å². The topological polar surface area (TPSA) is 43.4 Å². The Balaban J connectivity index is 1.95. The molecule has 1 fully saturated rings. The van der Waals surface area contributed by atoms with E-state index in [1.807, 2.05) is 26.1 Å². The smallest absolute Gasteiger partial charge is 0.122 e. The zero-order valence-corrected chi connectivity index (χ0v) is 12.1. The second-order valence-electron chi connectivity index (χ2n) is 5.17. The number of nitrogens with zero attached hydrogens (tertiary/aromatic N) is 1. The van der Waals surface area contributed by atoms with Crippen molar-refractivity contribution >= 4 is 0 Å². The second kappa shape index (κ2) is 6.87. The molecule has 1 saturated carbocycles. The van der Waals surface area contributed by atoms with Gasteiger partial charge in [0.15, 0.2) is 0 Å². The van der Waals surface area contributed by atoms with Gasteiger partial charge in [0.2, 0.25) is 0 Å².